The summed E-state index contributed by atoms with van der Waals surface area (Å²) < 4.78 is 177. The second-order valence-electron chi connectivity index (χ2n) is 39.0. The molecule has 18 rings (SSSR count). The molecule has 6 atom stereocenters. The molecule has 0 saturated carbocycles. The number of hydrogen-bond donors (Lipinski definition) is 1. The fourth-order valence-electron chi connectivity index (χ4n) is 20.2. The highest BCUT2D eigenvalue weighted by atomic mass is 127. The van der Waals surface area contributed by atoms with Crippen molar-refractivity contribution in [3.63, 3.8) is 0 Å². The summed E-state index contributed by atoms with van der Waals surface area (Å²) in [5.74, 6) is -0.431. The van der Waals surface area contributed by atoms with Crippen LogP contribution in [-0.2, 0) is 9.47 Å². The van der Waals surface area contributed by atoms with Gasteiger partial charge in [0.1, 0.15) is 63.6 Å². The van der Waals surface area contributed by atoms with E-state index in [-0.39, 0.29) is 117 Å². The van der Waals surface area contributed by atoms with Crippen molar-refractivity contribution < 1.29 is 71.7 Å². The van der Waals surface area contributed by atoms with Gasteiger partial charge in [0.15, 0.2) is 0 Å². The van der Waals surface area contributed by atoms with Crippen molar-refractivity contribution in [2.45, 2.75) is 184 Å². The quantitative estimate of drug-likeness (QED) is 0.0512. The number of aryl methyl sites for hydroxylation is 3. The highest BCUT2D eigenvalue weighted by molar-refractivity contribution is 14.1. The zero-order valence-electron chi connectivity index (χ0n) is 81.2. The van der Waals surface area contributed by atoms with Gasteiger partial charge in [-0.1, -0.05) is 22.6 Å². The van der Waals surface area contributed by atoms with Gasteiger partial charge in [-0.15, -0.1) is 35.3 Å². The topological polar surface area (TPSA) is 202 Å². The molecule has 0 spiro atoms. The van der Waals surface area contributed by atoms with Gasteiger partial charge in [-0.3, -0.25) is 38.2 Å². The molecule has 6 fully saturated rings. The number of hydrogen-bond acceptors (Lipinski definition) is 22. The monoisotopic (exact) mass is 2200 g/mol. The Bertz CT molecular complexity index is 6170. The zero-order valence-corrected chi connectivity index (χ0v) is 88.8. The summed E-state index contributed by atoms with van der Waals surface area (Å²) in [6, 6.07) is 16.1. The van der Waals surface area contributed by atoms with Gasteiger partial charge in [-0.2, -0.15) is 55.4 Å². The molecule has 6 aromatic carbocycles. The van der Waals surface area contributed by atoms with Gasteiger partial charge in [0.25, 0.3) is 12.9 Å². The molecule has 6 saturated heterocycles. The van der Waals surface area contributed by atoms with Gasteiger partial charge >= 0.3 is 29.3 Å². The fraction of sp³-hybridized carbons (Fsp3) is 0.551. The first-order valence-corrected chi connectivity index (χ1v) is 51.6. The molecule has 9 aliphatic heterocycles. The molecule has 3 aromatic heterocycles. The lowest BCUT2D eigenvalue weighted by Crippen LogP contribution is -2.55. The van der Waals surface area contributed by atoms with Crippen LogP contribution in [0.5, 0.6) is 0 Å². The minimum Gasteiger partial charge on any atom is -0.444 e. The lowest BCUT2D eigenvalue weighted by Gasteiger charge is -2.42. The molecule has 772 valence electrons. The molecular weight excluding hydrogens is 2070 g/mol. The number of carbonyl (C=O) groups is 2. The number of benzene rings is 6. The van der Waals surface area contributed by atoms with Crippen LogP contribution in [0.4, 0.5) is 79.7 Å². The molecule has 24 nitrogen and oxygen atoms in total. The third-order valence-corrected chi connectivity index (χ3v) is 31.0. The van der Waals surface area contributed by atoms with Crippen molar-refractivity contribution in [2.75, 3.05) is 193 Å². The van der Waals surface area contributed by atoms with Crippen LogP contribution in [0.2, 0.25) is 0 Å². The van der Waals surface area contributed by atoms with E-state index < -0.39 is 77.2 Å². The second-order valence-corrected chi connectivity index (χ2v) is 42.9. The fourth-order valence-corrected chi connectivity index (χ4v) is 24.4. The number of anilines is 3. The Hall–Kier alpha value is -7.57. The lowest BCUT2D eigenvalue weighted by molar-refractivity contribution is 0.0208. The van der Waals surface area contributed by atoms with E-state index in [2.05, 4.69) is 46.7 Å². The first-order valence-electron chi connectivity index (χ1n) is 47.1. The van der Waals surface area contributed by atoms with E-state index in [1.54, 1.807) is 79.4 Å². The van der Waals surface area contributed by atoms with Crippen LogP contribution in [0.3, 0.4) is 0 Å². The second kappa shape index (κ2) is 47.9. The van der Waals surface area contributed by atoms with E-state index >= 15 is 13.2 Å². The van der Waals surface area contributed by atoms with E-state index in [1.165, 1.54) is 48.2 Å². The maximum absolute atomic E-state index is 15.3. The molecule has 2 amide bonds. The summed E-state index contributed by atoms with van der Waals surface area (Å²) in [5.41, 5.74) is 5.06. The summed E-state index contributed by atoms with van der Waals surface area (Å²) in [4.78, 5) is 104. The van der Waals surface area contributed by atoms with Crippen LogP contribution in [0, 0.1) is 55.7 Å². The van der Waals surface area contributed by atoms with E-state index in [0.717, 1.165) is 129 Å². The highest BCUT2D eigenvalue weighted by Gasteiger charge is 2.42. The Kier molecular flexibility index (Phi) is 38.1. The van der Waals surface area contributed by atoms with Crippen LogP contribution < -0.4 is 37.1 Å². The minimum atomic E-state index is -2.38. The molecule has 1 N–H and O–H groups in total. The normalized spacial score (nSPS) is 20.5. The number of piperidine rings is 1. The predicted molar refractivity (Wildman–Crippen MR) is 561 cm³/mol. The first kappa shape index (κ1) is 112. The molecule has 141 heavy (non-hydrogen) atoms. The molecule has 0 radical (unpaired) electrons. The number of amides is 2. The molecule has 0 unspecified atom stereocenters. The third kappa shape index (κ3) is 25.8. The van der Waals surface area contributed by atoms with Crippen LogP contribution in [0.15, 0.2) is 102 Å². The summed E-state index contributed by atoms with van der Waals surface area (Å²) in [6.07, 6.45) is -4.44. The van der Waals surface area contributed by atoms with Crippen molar-refractivity contribution in [1.82, 2.24) is 68.3 Å². The Morgan fingerprint density at radius 3 is 1.01 bits per heavy atom. The zero-order chi connectivity index (χ0) is 98.9. The number of halogens is 13. The van der Waals surface area contributed by atoms with Crippen molar-refractivity contribution in [2.24, 2.45) is 0 Å². The largest absolute Gasteiger partial charge is 0.444 e. The molecular formula is C98H126F12IN17O7S6. The number of alkyl halides is 7. The number of piperazine rings is 5. The maximum atomic E-state index is 15.3. The first-order chi connectivity index (χ1) is 65.6. The number of aromatic nitrogens is 6. The molecule has 0 bridgehead atoms. The predicted octanol–water partition coefficient (Wildman–Crippen LogP) is 17.9. The molecule has 0 aliphatic carbocycles. The number of rotatable bonds is 17. The number of ether oxygens (including phenoxy) is 2. The van der Waals surface area contributed by atoms with Crippen molar-refractivity contribution >= 4 is 161 Å². The van der Waals surface area contributed by atoms with E-state index in [9.17, 15) is 63.5 Å². The van der Waals surface area contributed by atoms with E-state index in [0.29, 0.717) is 179 Å². The highest BCUT2D eigenvalue weighted by Crippen LogP contribution is 2.52. The third-order valence-electron chi connectivity index (χ3n) is 26.6. The van der Waals surface area contributed by atoms with E-state index in [4.69, 9.17) is 14.5 Å². The minimum absolute atomic E-state index is 0. The van der Waals surface area contributed by atoms with E-state index in [1.807, 2.05) is 99.3 Å². The Balaban J connectivity index is 0.000000183. The SMILES string of the molecule is Cc1cc2c(N3CCCC[C@@H]3C)nc(=O)n3c2c(c1-c1ccc(F)cc1F)SC[C@@H]3CN1CCN(CC(F)F)CC1.Cc1cc2c(N3CCN(C(=O)OC(C)(C)C)C[C@@H]3C)nc(=O)n3c2c(c1-c1ccc(F)cc1F)SC[C@@H]3CN1CCN(CC(F)F)CC1.Cc1cc2c(N3CCN(C(=O)OC(C)(C)C)C[C@@H]3C)nc(=O)n3c2c(c1-c1ccc(F)cc1F)SC[C@@H]3CN1CCNCC1.FC(F)CI.S.S.S. The van der Waals surface area contributed by atoms with Gasteiger partial charge < -0.3 is 39.3 Å². The van der Waals surface area contributed by atoms with Crippen molar-refractivity contribution in [1.29, 1.82) is 0 Å². The number of carbonyl (C=O) groups excluding carboxylic acids is 2. The van der Waals surface area contributed by atoms with Gasteiger partial charge in [0, 0.05) is 262 Å². The maximum Gasteiger partial charge on any atom is 0.410 e. The van der Waals surface area contributed by atoms with Gasteiger partial charge in [-0.05, 0) is 174 Å². The van der Waals surface area contributed by atoms with Crippen LogP contribution in [0.1, 0.15) is 116 Å². The Morgan fingerprint density at radius 2 is 0.730 bits per heavy atom. The van der Waals surface area contributed by atoms with Gasteiger partial charge in [0.2, 0.25) is 6.43 Å². The van der Waals surface area contributed by atoms with Crippen LogP contribution >= 0.6 is 98.4 Å². The summed E-state index contributed by atoms with van der Waals surface area (Å²) in [7, 11) is 0. The summed E-state index contributed by atoms with van der Waals surface area (Å²) in [6.45, 7) is 35.8. The molecule has 43 heteroatoms. The standard InChI is InChI=1S/C34H42F4N6O3S.C32H40F2N6O3S.C30H35F4N5OS.C2H3F2I.3H2S/c1-20-14-25-29-30(28(20)24-7-6-22(35)15-26(24)36)48-19-23(17-40-8-10-41(11-9-40)18-27(37)38)44(29)32(45)39-31(25)43-13-12-42(16-21(43)2)33(46)47-34(3,4)5;1-19-14-24-27-28(26(19)23-7-6-21(33)15-25(23)34)44-18-22(17-37-10-8-35-9-11-37)40(27)30(41)36-29(24)39-13-12-38(16-20(39)2)31(42)43-32(3,4)5;1-18-13-23-27-28(26(18)22-7-6-20(31)14-24(22)32)41-17-21(15-36-9-11-37(12-10-36)16-25(33)34)39(27)30(40)35-29(23)38-8-4-3-5-19(38)2;3-2(4)1-5;;;/h6-7,14-15,21,23,27H,8-13,16-19H2,1-5H3;6-7,14-15,20,22,35H,8-13,16-18H2,1-5H3;6-7,13-14,19,21,25H,3-5,8-12,15-17H2,1-2H3;2H,1H2;3*1H2/t21-,23-;20-,22-;19-,21-;;;;/m000..../s1. The Labute approximate surface area is 860 Å². The summed E-state index contributed by atoms with van der Waals surface area (Å²) >= 11 is 6.39. The van der Waals surface area contributed by atoms with Gasteiger partial charge in [-0.25, -0.2) is 76.7 Å². The summed E-state index contributed by atoms with van der Waals surface area (Å²) in [5, 5.41) is 5.81. The Morgan fingerprint density at radius 1 is 0.426 bits per heavy atom. The molecule has 12 heterocycles. The number of thioether (sulfide) groups is 3. The smallest absolute Gasteiger partial charge is 0.410 e. The average molecular weight is 2200 g/mol. The van der Waals surface area contributed by atoms with Crippen LogP contribution in [-0.4, -0.2) is 303 Å². The molecule has 9 aliphatic rings. The number of nitrogens with one attached hydrogen (secondary N) is 1. The van der Waals surface area contributed by atoms with Crippen LogP contribution in [0.25, 0.3) is 66.1 Å². The van der Waals surface area contributed by atoms with Crippen molar-refractivity contribution in [3.8, 4) is 33.4 Å². The van der Waals surface area contributed by atoms with Gasteiger partial charge in [0.05, 0.1) is 52.2 Å². The molecule has 9 aromatic rings. The number of nitrogens with zero attached hydrogens (tertiary/aromatic N) is 16. The van der Waals surface area contributed by atoms with Crippen molar-refractivity contribution in [3.05, 3.63) is 156 Å². The lowest BCUT2D eigenvalue weighted by atomic mass is 9.96. The average Bonchev–Trinajstić information content (AvgIpc) is 0.727.